The SMILES string of the molecule is COc1ccc([C@H](CC(=O)O)NC(=O)c2cc(CCc3ccc4c(n3)NCCC4)c(C)[nH]2)cn1. The van der Waals surface area contributed by atoms with Crippen LogP contribution in [0.15, 0.2) is 36.5 Å². The number of nitrogens with one attached hydrogen (secondary N) is 3. The Hall–Kier alpha value is -3.88. The fraction of sp³-hybridized carbons (Fsp3) is 0.360. The molecule has 4 N–H and O–H groups in total. The first-order valence-electron chi connectivity index (χ1n) is 11.4. The summed E-state index contributed by atoms with van der Waals surface area (Å²) in [6, 6.07) is 8.65. The molecule has 0 radical (unpaired) electrons. The van der Waals surface area contributed by atoms with Crippen molar-refractivity contribution in [2.75, 3.05) is 19.0 Å². The molecule has 3 aromatic heterocycles. The fourth-order valence-electron chi connectivity index (χ4n) is 4.14. The number of carbonyl (C=O) groups excluding carboxylic acids is 1. The van der Waals surface area contributed by atoms with E-state index < -0.39 is 12.0 Å². The summed E-state index contributed by atoms with van der Waals surface area (Å²) in [6.07, 6.45) is 4.93. The lowest BCUT2D eigenvalue weighted by Crippen LogP contribution is -2.30. The van der Waals surface area contributed by atoms with Gasteiger partial charge in [0.15, 0.2) is 0 Å². The van der Waals surface area contributed by atoms with E-state index in [-0.39, 0.29) is 12.3 Å². The summed E-state index contributed by atoms with van der Waals surface area (Å²) in [6.45, 7) is 2.88. The number of rotatable bonds is 9. The second-order valence-electron chi connectivity index (χ2n) is 8.43. The van der Waals surface area contributed by atoms with Crippen molar-refractivity contribution in [3.8, 4) is 5.88 Å². The Morgan fingerprint density at radius 3 is 2.82 bits per heavy atom. The molecule has 0 saturated carbocycles. The molecule has 3 aromatic rings. The molecular weight excluding hydrogens is 434 g/mol. The number of pyridine rings is 2. The van der Waals surface area contributed by atoms with E-state index in [0.29, 0.717) is 17.1 Å². The molecule has 1 atom stereocenters. The molecule has 0 saturated heterocycles. The van der Waals surface area contributed by atoms with E-state index in [0.717, 1.165) is 55.0 Å². The van der Waals surface area contributed by atoms with E-state index in [9.17, 15) is 14.7 Å². The van der Waals surface area contributed by atoms with E-state index in [1.807, 2.05) is 13.0 Å². The number of hydrogen-bond acceptors (Lipinski definition) is 6. The average molecular weight is 464 g/mol. The van der Waals surface area contributed by atoms with Crippen LogP contribution in [0.1, 0.15) is 57.5 Å². The topological polar surface area (TPSA) is 129 Å². The Kier molecular flexibility index (Phi) is 7.10. The lowest BCUT2D eigenvalue weighted by Gasteiger charge is -2.17. The molecule has 34 heavy (non-hydrogen) atoms. The molecule has 1 aliphatic heterocycles. The van der Waals surface area contributed by atoms with Gasteiger partial charge in [-0.1, -0.05) is 12.1 Å². The molecule has 0 aliphatic carbocycles. The van der Waals surface area contributed by atoms with Gasteiger partial charge in [-0.3, -0.25) is 9.59 Å². The number of anilines is 1. The van der Waals surface area contributed by atoms with Crippen molar-refractivity contribution in [3.05, 3.63) is 70.3 Å². The molecular formula is C25H29N5O4. The van der Waals surface area contributed by atoms with Gasteiger partial charge < -0.3 is 25.5 Å². The van der Waals surface area contributed by atoms with Crippen LogP contribution < -0.4 is 15.4 Å². The maximum Gasteiger partial charge on any atom is 0.305 e. The van der Waals surface area contributed by atoms with Gasteiger partial charge >= 0.3 is 5.97 Å². The largest absolute Gasteiger partial charge is 0.481 e. The molecule has 9 heteroatoms. The third-order valence-corrected chi connectivity index (χ3v) is 6.02. The second-order valence-corrected chi connectivity index (χ2v) is 8.43. The molecule has 0 bridgehead atoms. The first kappa shape index (κ1) is 23.3. The summed E-state index contributed by atoms with van der Waals surface area (Å²) in [7, 11) is 1.50. The van der Waals surface area contributed by atoms with Gasteiger partial charge in [-0.05, 0) is 61.4 Å². The standard InChI is InChI=1S/C25H29N5O4/c1-15-17(6-9-19-8-5-16-4-3-11-26-24(16)29-19)12-21(28-15)25(33)30-20(13-23(31)32)18-7-10-22(34-2)27-14-18/h5,7-8,10,12,14,20,28H,3-4,6,9,11,13H2,1-2H3,(H,26,29)(H,30,33)(H,31,32)/t20-/m0/s1. The Labute approximate surface area is 198 Å². The number of nitrogens with zero attached hydrogens (tertiary/aromatic N) is 2. The molecule has 4 heterocycles. The number of H-pyrrole nitrogens is 1. The normalized spacial score (nSPS) is 13.5. The quantitative estimate of drug-likeness (QED) is 0.383. The lowest BCUT2D eigenvalue weighted by atomic mass is 10.0. The van der Waals surface area contributed by atoms with Crippen LogP contribution in [-0.2, 0) is 24.1 Å². The highest BCUT2D eigenvalue weighted by Crippen LogP contribution is 2.22. The van der Waals surface area contributed by atoms with Gasteiger partial charge in [-0.15, -0.1) is 0 Å². The van der Waals surface area contributed by atoms with Gasteiger partial charge in [0.2, 0.25) is 5.88 Å². The van der Waals surface area contributed by atoms with Crippen LogP contribution in [0.5, 0.6) is 5.88 Å². The predicted octanol–water partition coefficient (Wildman–Crippen LogP) is 3.21. The molecule has 1 aliphatic rings. The van der Waals surface area contributed by atoms with Crippen molar-refractivity contribution in [1.82, 2.24) is 20.3 Å². The van der Waals surface area contributed by atoms with Crippen LogP contribution in [0.4, 0.5) is 5.82 Å². The maximum atomic E-state index is 12.9. The van der Waals surface area contributed by atoms with E-state index in [1.54, 1.807) is 12.1 Å². The Bertz CT molecular complexity index is 1170. The van der Waals surface area contributed by atoms with Crippen molar-refractivity contribution in [3.63, 3.8) is 0 Å². The van der Waals surface area contributed by atoms with Crippen LogP contribution in [0.2, 0.25) is 0 Å². The molecule has 1 amide bonds. The number of carbonyl (C=O) groups is 2. The van der Waals surface area contributed by atoms with E-state index in [4.69, 9.17) is 9.72 Å². The van der Waals surface area contributed by atoms with Gasteiger partial charge in [0.05, 0.1) is 19.6 Å². The number of aryl methyl sites for hydroxylation is 4. The third-order valence-electron chi connectivity index (χ3n) is 6.02. The highest BCUT2D eigenvalue weighted by molar-refractivity contribution is 5.93. The number of aliphatic carboxylic acids is 1. The number of amides is 1. The maximum absolute atomic E-state index is 12.9. The van der Waals surface area contributed by atoms with Gasteiger partial charge in [-0.25, -0.2) is 9.97 Å². The summed E-state index contributed by atoms with van der Waals surface area (Å²) < 4.78 is 5.05. The highest BCUT2D eigenvalue weighted by Gasteiger charge is 2.21. The molecule has 178 valence electrons. The average Bonchev–Trinajstić information content (AvgIpc) is 3.22. The number of aromatic amines is 1. The monoisotopic (exact) mass is 463 g/mol. The van der Waals surface area contributed by atoms with Gasteiger partial charge in [-0.2, -0.15) is 0 Å². The molecule has 0 unspecified atom stereocenters. The van der Waals surface area contributed by atoms with Crippen molar-refractivity contribution < 1.29 is 19.4 Å². The van der Waals surface area contributed by atoms with Gasteiger partial charge in [0.25, 0.3) is 5.91 Å². The molecule has 0 spiro atoms. The Morgan fingerprint density at radius 1 is 1.24 bits per heavy atom. The molecule has 4 rings (SSSR count). The summed E-state index contributed by atoms with van der Waals surface area (Å²) >= 11 is 0. The zero-order valence-electron chi connectivity index (χ0n) is 19.4. The zero-order chi connectivity index (χ0) is 24.1. The summed E-state index contributed by atoms with van der Waals surface area (Å²) in [5.74, 6) is 0.00845. The van der Waals surface area contributed by atoms with Crippen molar-refractivity contribution in [2.24, 2.45) is 0 Å². The number of carboxylic acid groups (broad SMARTS) is 1. The number of methoxy groups -OCH3 is 1. The minimum atomic E-state index is -1.02. The lowest BCUT2D eigenvalue weighted by molar-refractivity contribution is -0.137. The summed E-state index contributed by atoms with van der Waals surface area (Å²) in [5.41, 5.74) is 5.18. The summed E-state index contributed by atoms with van der Waals surface area (Å²) in [4.78, 5) is 36.3. The van der Waals surface area contributed by atoms with Crippen molar-refractivity contribution in [2.45, 2.75) is 45.1 Å². The third kappa shape index (κ3) is 5.54. The summed E-state index contributed by atoms with van der Waals surface area (Å²) in [5, 5.41) is 15.5. The van der Waals surface area contributed by atoms with Crippen LogP contribution >= 0.6 is 0 Å². The first-order chi connectivity index (χ1) is 16.4. The van der Waals surface area contributed by atoms with E-state index in [2.05, 4.69) is 32.7 Å². The zero-order valence-corrected chi connectivity index (χ0v) is 19.4. The predicted molar refractivity (Wildman–Crippen MR) is 127 cm³/mol. The number of hydrogen-bond donors (Lipinski definition) is 4. The van der Waals surface area contributed by atoms with Gasteiger partial charge in [0, 0.05) is 30.2 Å². The second kappa shape index (κ2) is 10.4. The number of ether oxygens (including phenoxy) is 1. The van der Waals surface area contributed by atoms with E-state index in [1.165, 1.54) is 18.9 Å². The van der Waals surface area contributed by atoms with Gasteiger partial charge in [0.1, 0.15) is 11.5 Å². The first-order valence-corrected chi connectivity index (χ1v) is 11.4. The van der Waals surface area contributed by atoms with Crippen LogP contribution in [0.25, 0.3) is 0 Å². The van der Waals surface area contributed by atoms with Crippen molar-refractivity contribution >= 4 is 17.7 Å². The van der Waals surface area contributed by atoms with Crippen LogP contribution in [0, 0.1) is 6.92 Å². The smallest absolute Gasteiger partial charge is 0.305 e. The fourth-order valence-corrected chi connectivity index (χ4v) is 4.14. The van der Waals surface area contributed by atoms with Crippen molar-refractivity contribution in [1.29, 1.82) is 0 Å². The molecule has 9 nitrogen and oxygen atoms in total. The highest BCUT2D eigenvalue weighted by atomic mass is 16.5. The Morgan fingerprint density at radius 2 is 2.09 bits per heavy atom. The minimum absolute atomic E-state index is 0.260. The number of carboxylic acids is 1. The number of fused-ring (bicyclic) bond motifs is 1. The molecule has 0 fully saturated rings. The van der Waals surface area contributed by atoms with Crippen LogP contribution in [0.3, 0.4) is 0 Å². The number of aromatic nitrogens is 3. The minimum Gasteiger partial charge on any atom is -0.481 e. The van der Waals surface area contributed by atoms with Crippen LogP contribution in [-0.4, -0.2) is 45.6 Å². The molecule has 0 aromatic carbocycles. The van der Waals surface area contributed by atoms with E-state index >= 15 is 0 Å². The Balaban J connectivity index is 1.43.